The van der Waals surface area contributed by atoms with Crippen LogP contribution >= 0.6 is 0 Å². The molecule has 3 heterocycles. The summed E-state index contributed by atoms with van der Waals surface area (Å²) in [5.41, 5.74) is 2.63. The zero-order chi connectivity index (χ0) is 16.5. The molecule has 1 aromatic heterocycles. The minimum Gasteiger partial charge on any atom is -0.348 e. The molecule has 2 aliphatic rings. The Labute approximate surface area is 142 Å². The third-order valence-electron chi connectivity index (χ3n) is 5.53. The van der Waals surface area contributed by atoms with Crippen molar-refractivity contribution in [3.63, 3.8) is 0 Å². The normalized spacial score (nSPS) is 26.3. The summed E-state index contributed by atoms with van der Waals surface area (Å²) in [4.78, 5) is 19.4. The highest BCUT2D eigenvalue weighted by Crippen LogP contribution is 2.34. The maximum absolute atomic E-state index is 12.6. The second-order valence-corrected chi connectivity index (χ2v) is 6.99. The van der Waals surface area contributed by atoms with E-state index in [1.807, 2.05) is 42.5 Å². The SMILES string of the molecule is CN1C2CCC1CC(NC(=O)c1cc(-c3ccccc3)ccn1)C2. The molecule has 0 radical (unpaired) electrons. The van der Waals surface area contributed by atoms with E-state index in [0.717, 1.165) is 24.0 Å². The molecule has 0 aliphatic carbocycles. The van der Waals surface area contributed by atoms with Gasteiger partial charge in [-0.2, -0.15) is 0 Å². The number of rotatable bonds is 3. The predicted octanol–water partition coefficient (Wildman–Crippen LogP) is 3.10. The van der Waals surface area contributed by atoms with Crippen LogP contribution in [0.25, 0.3) is 11.1 Å². The summed E-state index contributed by atoms with van der Waals surface area (Å²) in [6, 6.07) is 15.4. The Morgan fingerprint density at radius 2 is 1.79 bits per heavy atom. The van der Waals surface area contributed by atoms with Gasteiger partial charge in [0.25, 0.3) is 5.91 Å². The van der Waals surface area contributed by atoms with Gasteiger partial charge >= 0.3 is 0 Å². The van der Waals surface area contributed by atoms with Gasteiger partial charge in [-0.1, -0.05) is 30.3 Å². The number of nitrogens with zero attached hydrogens (tertiary/aromatic N) is 2. The first-order valence-electron chi connectivity index (χ1n) is 8.75. The van der Waals surface area contributed by atoms with Crippen molar-refractivity contribution in [3.8, 4) is 11.1 Å². The predicted molar refractivity (Wildman–Crippen MR) is 94.7 cm³/mol. The fourth-order valence-electron chi connectivity index (χ4n) is 4.15. The quantitative estimate of drug-likeness (QED) is 0.945. The molecule has 0 saturated carbocycles. The molecular weight excluding hydrogens is 298 g/mol. The van der Waals surface area contributed by atoms with Crippen molar-refractivity contribution in [1.82, 2.24) is 15.2 Å². The number of amides is 1. The van der Waals surface area contributed by atoms with Crippen LogP contribution in [0.15, 0.2) is 48.7 Å². The van der Waals surface area contributed by atoms with E-state index in [1.54, 1.807) is 6.20 Å². The molecule has 4 rings (SSSR count). The number of carbonyl (C=O) groups excluding carboxylic acids is 1. The van der Waals surface area contributed by atoms with Crippen LogP contribution in [-0.4, -0.2) is 41.0 Å². The van der Waals surface area contributed by atoms with E-state index in [4.69, 9.17) is 0 Å². The number of piperidine rings is 1. The van der Waals surface area contributed by atoms with Crippen molar-refractivity contribution in [2.45, 2.75) is 43.8 Å². The lowest BCUT2D eigenvalue weighted by molar-refractivity contribution is 0.0877. The zero-order valence-corrected chi connectivity index (χ0v) is 14.0. The van der Waals surface area contributed by atoms with Crippen LogP contribution in [-0.2, 0) is 0 Å². The molecule has 2 fully saturated rings. The van der Waals surface area contributed by atoms with Crippen LogP contribution < -0.4 is 5.32 Å². The fourth-order valence-corrected chi connectivity index (χ4v) is 4.15. The third kappa shape index (κ3) is 2.94. The first kappa shape index (κ1) is 15.3. The van der Waals surface area contributed by atoms with E-state index < -0.39 is 0 Å². The molecule has 4 heteroatoms. The Bertz CT molecular complexity index is 717. The minimum atomic E-state index is -0.0539. The van der Waals surface area contributed by atoms with Gasteiger partial charge in [0.2, 0.25) is 0 Å². The Balaban J connectivity index is 1.47. The second-order valence-electron chi connectivity index (χ2n) is 6.99. The van der Waals surface area contributed by atoms with Crippen LogP contribution in [0.3, 0.4) is 0 Å². The molecule has 2 saturated heterocycles. The Morgan fingerprint density at radius 3 is 2.50 bits per heavy atom. The number of hydrogen-bond donors (Lipinski definition) is 1. The van der Waals surface area contributed by atoms with Gasteiger partial charge in [-0.15, -0.1) is 0 Å². The van der Waals surface area contributed by atoms with Gasteiger partial charge in [0.1, 0.15) is 5.69 Å². The van der Waals surface area contributed by atoms with Gasteiger partial charge in [0.05, 0.1) is 0 Å². The van der Waals surface area contributed by atoms with E-state index in [1.165, 1.54) is 12.8 Å². The van der Waals surface area contributed by atoms with Gasteiger partial charge < -0.3 is 10.2 Å². The van der Waals surface area contributed by atoms with Crippen molar-refractivity contribution in [1.29, 1.82) is 0 Å². The molecule has 2 unspecified atom stereocenters. The van der Waals surface area contributed by atoms with E-state index >= 15 is 0 Å². The number of hydrogen-bond acceptors (Lipinski definition) is 3. The van der Waals surface area contributed by atoms with Gasteiger partial charge in [0.15, 0.2) is 0 Å². The van der Waals surface area contributed by atoms with Gasteiger partial charge in [0, 0.05) is 24.3 Å². The highest BCUT2D eigenvalue weighted by atomic mass is 16.1. The number of nitrogens with one attached hydrogen (secondary N) is 1. The van der Waals surface area contributed by atoms with Crippen molar-refractivity contribution >= 4 is 5.91 Å². The molecule has 1 N–H and O–H groups in total. The van der Waals surface area contributed by atoms with Gasteiger partial charge in [-0.25, -0.2) is 0 Å². The van der Waals surface area contributed by atoms with Gasteiger partial charge in [-0.05, 0) is 56.0 Å². The number of carbonyl (C=O) groups is 1. The summed E-state index contributed by atoms with van der Waals surface area (Å²) >= 11 is 0. The average Bonchev–Trinajstić information content (AvgIpc) is 2.84. The van der Waals surface area contributed by atoms with Crippen molar-refractivity contribution in [2.24, 2.45) is 0 Å². The molecule has 2 atom stereocenters. The van der Waals surface area contributed by atoms with Crippen molar-refractivity contribution in [2.75, 3.05) is 7.05 Å². The third-order valence-corrected chi connectivity index (χ3v) is 5.53. The van der Waals surface area contributed by atoms with Crippen LogP contribution in [0.1, 0.15) is 36.2 Å². The Kier molecular flexibility index (Phi) is 4.07. The van der Waals surface area contributed by atoms with E-state index in [-0.39, 0.29) is 11.9 Å². The number of aromatic nitrogens is 1. The number of benzene rings is 1. The first-order chi connectivity index (χ1) is 11.7. The Morgan fingerprint density at radius 1 is 1.08 bits per heavy atom. The second kappa shape index (κ2) is 6.36. The van der Waals surface area contributed by atoms with Gasteiger partial charge in [-0.3, -0.25) is 9.78 Å². The molecule has 124 valence electrons. The molecule has 1 amide bonds. The summed E-state index contributed by atoms with van der Waals surface area (Å²) in [5.74, 6) is -0.0539. The summed E-state index contributed by atoms with van der Waals surface area (Å²) in [7, 11) is 2.21. The summed E-state index contributed by atoms with van der Waals surface area (Å²) < 4.78 is 0. The molecule has 0 spiro atoms. The molecule has 2 bridgehead atoms. The molecular formula is C20H23N3O. The van der Waals surface area contributed by atoms with E-state index in [9.17, 15) is 4.79 Å². The summed E-state index contributed by atoms with van der Waals surface area (Å²) in [5, 5.41) is 3.21. The lowest BCUT2D eigenvalue weighted by Gasteiger charge is -2.36. The molecule has 24 heavy (non-hydrogen) atoms. The fraction of sp³-hybridized carbons (Fsp3) is 0.400. The highest BCUT2D eigenvalue weighted by Gasteiger charge is 2.38. The molecule has 4 nitrogen and oxygen atoms in total. The van der Waals surface area contributed by atoms with Crippen LogP contribution in [0.4, 0.5) is 0 Å². The average molecular weight is 321 g/mol. The monoisotopic (exact) mass is 321 g/mol. The minimum absolute atomic E-state index is 0.0539. The summed E-state index contributed by atoms with van der Waals surface area (Å²) in [6.45, 7) is 0. The van der Waals surface area contributed by atoms with Crippen molar-refractivity contribution < 1.29 is 4.79 Å². The lowest BCUT2D eigenvalue weighted by atomic mass is 9.98. The maximum Gasteiger partial charge on any atom is 0.270 e. The number of pyridine rings is 1. The van der Waals surface area contributed by atoms with Crippen LogP contribution in [0, 0.1) is 0 Å². The standard InChI is InChI=1S/C20H23N3O/c1-23-17-7-8-18(23)13-16(12-17)22-20(24)19-11-15(9-10-21-19)14-5-3-2-4-6-14/h2-6,9-11,16-18H,7-8,12-13H2,1H3,(H,22,24). The largest absolute Gasteiger partial charge is 0.348 e. The van der Waals surface area contributed by atoms with E-state index in [0.29, 0.717) is 17.8 Å². The van der Waals surface area contributed by atoms with Crippen molar-refractivity contribution in [3.05, 3.63) is 54.4 Å². The number of fused-ring (bicyclic) bond motifs is 2. The molecule has 2 aromatic rings. The Hall–Kier alpha value is -2.20. The van der Waals surface area contributed by atoms with Crippen LogP contribution in [0.2, 0.25) is 0 Å². The van der Waals surface area contributed by atoms with E-state index in [2.05, 4.69) is 22.2 Å². The topological polar surface area (TPSA) is 45.2 Å². The molecule has 2 aliphatic heterocycles. The lowest BCUT2D eigenvalue weighted by Crippen LogP contribution is -2.48. The highest BCUT2D eigenvalue weighted by molar-refractivity contribution is 5.93. The first-order valence-corrected chi connectivity index (χ1v) is 8.75. The maximum atomic E-state index is 12.6. The molecule has 1 aromatic carbocycles. The van der Waals surface area contributed by atoms with Crippen LogP contribution in [0.5, 0.6) is 0 Å². The smallest absolute Gasteiger partial charge is 0.270 e. The summed E-state index contributed by atoms with van der Waals surface area (Å²) in [6.07, 6.45) is 6.34. The zero-order valence-electron chi connectivity index (χ0n) is 14.0.